The number of anilines is 1. The zero-order chi connectivity index (χ0) is 21.0. The van der Waals surface area contributed by atoms with Gasteiger partial charge in [-0.2, -0.15) is 0 Å². The van der Waals surface area contributed by atoms with E-state index in [4.69, 9.17) is 0 Å². The van der Waals surface area contributed by atoms with Crippen LogP contribution in [0.15, 0.2) is 35.7 Å². The van der Waals surface area contributed by atoms with Gasteiger partial charge in [-0.15, -0.1) is 11.3 Å². The molecule has 3 heterocycles. The highest BCUT2D eigenvalue weighted by atomic mass is 32.1. The Labute approximate surface area is 180 Å². The van der Waals surface area contributed by atoms with Crippen LogP contribution in [0.25, 0.3) is 10.2 Å². The lowest BCUT2D eigenvalue weighted by molar-refractivity contribution is -0.127. The largest absolute Gasteiger partial charge is 0.351 e. The second-order valence-electron chi connectivity index (χ2n) is 9.01. The van der Waals surface area contributed by atoms with Crippen molar-refractivity contribution in [1.82, 2.24) is 9.88 Å². The quantitative estimate of drug-likeness (QED) is 0.661. The summed E-state index contributed by atoms with van der Waals surface area (Å²) in [5.41, 5.74) is 2.61. The molecule has 5 nitrogen and oxygen atoms in total. The fourth-order valence-corrected chi connectivity index (χ4v) is 5.99. The van der Waals surface area contributed by atoms with Crippen molar-refractivity contribution in [3.8, 4) is 0 Å². The third-order valence-electron chi connectivity index (χ3n) is 6.53. The minimum Gasteiger partial charge on any atom is -0.351 e. The second kappa shape index (κ2) is 6.98. The molecule has 0 bridgehead atoms. The molecule has 2 aromatic heterocycles. The first kappa shape index (κ1) is 19.4. The van der Waals surface area contributed by atoms with Crippen LogP contribution in [0.1, 0.15) is 54.2 Å². The van der Waals surface area contributed by atoms with Gasteiger partial charge in [-0.05, 0) is 74.4 Å². The summed E-state index contributed by atoms with van der Waals surface area (Å²) in [7, 11) is 0. The molecular formula is C24H27N3O2S. The van der Waals surface area contributed by atoms with Crippen LogP contribution >= 0.6 is 11.3 Å². The van der Waals surface area contributed by atoms with Gasteiger partial charge in [-0.1, -0.05) is 18.9 Å². The number of nitrogens with one attached hydrogen (secondary N) is 1. The Hall–Kier alpha value is -2.60. The minimum absolute atomic E-state index is 0.0639. The number of rotatable bonds is 3. The van der Waals surface area contributed by atoms with Crippen molar-refractivity contribution in [2.75, 3.05) is 4.90 Å². The number of fused-ring (bicyclic) bond motifs is 3. The predicted octanol–water partition coefficient (Wildman–Crippen LogP) is 4.80. The topological polar surface area (TPSA) is 54.3 Å². The number of hydrogen-bond donors (Lipinski definition) is 1. The Morgan fingerprint density at radius 1 is 1.13 bits per heavy atom. The second-order valence-corrected chi connectivity index (χ2v) is 9.91. The highest BCUT2D eigenvalue weighted by Gasteiger charge is 2.49. The van der Waals surface area contributed by atoms with Crippen molar-refractivity contribution in [2.45, 2.75) is 64.6 Å². The van der Waals surface area contributed by atoms with E-state index in [0.29, 0.717) is 12.2 Å². The molecule has 1 fully saturated rings. The summed E-state index contributed by atoms with van der Waals surface area (Å²) < 4.78 is 2.04. The fourth-order valence-electron chi connectivity index (χ4n) is 5.09. The molecule has 1 N–H and O–H groups in total. The first-order valence-corrected chi connectivity index (χ1v) is 11.6. The summed E-state index contributed by atoms with van der Waals surface area (Å²) in [4.78, 5) is 30.2. The summed E-state index contributed by atoms with van der Waals surface area (Å²) in [6, 6.07) is 10.3. The predicted molar refractivity (Wildman–Crippen MR) is 121 cm³/mol. The molecule has 0 saturated heterocycles. The van der Waals surface area contributed by atoms with Gasteiger partial charge in [-0.25, -0.2) is 0 Å². The van der Waals surface area contributed by atoms with Crippen LogP contribution in [0.2, 0.25) is 0 Å². The first-order valence-electron chi connectivity index (χ1n) is 10.7. The number of carbonyl (C=O) groups excluding carboxylic acids is 2. The lowest BCUT2D eigenvalue weighted by Gasteiger charge is -2.44. The van der Waals surface area contributed by atoms with E-state index in [2.05, 4.69) is 11.4 Å². The number of nitrogens with zero attached hydrogens (tertiary/aromatic N) is 2. The van der Waals surface area contributed by atoms with Gasteiger partial charge in [0.1, 0.15) is 16.1 Å². The van der Waals surface area contributed by atoms with Crippen molar-refractivity contribution in [1.29, 1.82) is 0 Å². The molecule has 3 aromatic rings. The van der Waals surface area contributed by atoms with Crippen LogP contribution in [-0.2, 0) is 11.3 Å². The van der Waals surface area contributed by atoms with E-state index in [-0.39, 0.29) is 17.9 Å². The van der Waals surface area contributed by atoms with Crippen molar-refractivity contribution >= 4 is 39.1 Å². The standard InChI is InChI=1S/C24H27N3O2S/c1-15-10-16(2)12-19(11-15)27-21(28)20-13-17-8-9-30-22(17)26(20)14-24(27,3)23(29)25-18-6-4-5-7-18/h8-13,18H,4-7,14H2,1-3H3,(H,25,29)/t24-/m1/s1. The summed E-state index contributed by atoms with van der Waals surface area (Å²) in [5.74, 6) is -0.176. The van der Waals surface area contributed by atoms with Gasteiger partial charge in [0.15, 0.2) is 0 Å². The average molecular weight is 422 g/mol. The van der Waals surface area contributed by atoms with Crippen LogP contribution < -0.4 is 10.2 Å². The minimum atomic E-state index is -0.997. The van der Waals surface area contributed by atoms with E-state index in [0.717, 1.165) is 52.7 Å². The van der Waals surface area contributed by atoms with Crippen molar-refractivity contribution in [2.24, 2.45) is 0 Å². The van der Waals surface area contributed by atoms with Crippen LogP contribution in [0, 0.1) is 13.8 Å². The Morgan fingerprint density at radius 3 is 2.53 bits per heavy atom. The molecule has 5 rings (SSSR count). The van der Waals surface area contributed by atoms with E-state index < -0.39 is 5.54 Å². The lowest BCUT2D eigenvalue weighted by atomic mass is 9.92. The normalized spacial score (nSPS) is 22.0. The molecule has 0 unspecified atom stereocenters. The average Bonchev–Trinajstić information content (AvgIpc) is 3.39. The third kappa shape index (κ3) is 2.97. The van der Waals surface area contributed by atoms with Gasteiger partial charge < -0.3 is 9.88 Å². The molecular weight excluding hydrogens is 394 g/mol. The molecule has 0 spiro atoms. The molecule has 1 aliphatic carbocycles. The van der Waals surface area contributed by atoms with Crippen LogP contribution in [0.5, 0.6) is 0 Å². The van der Waals surface area contributed by atoms with Gasteiger partial charge in [0.2, 0.25) is 5.91 Å². The van der Waals surface area contributed by atoms with Gasteiger partial charge in [0.05, 0.1) is 6.54 Å². The number of carbonyl (C=O) groups is 2. The molecule has 6 heteroatoms. The maximum Gasteiger partial charge on any atom is 0.275 e. The van der Waals surface area contributed by atoms with Crippen LogP contribution in [-0.4, -0.2) is 28.0 Å². The number of thiophene rings is 1. The number of benzene rings is 1. The molecule has 156 valence electrons. The number of hydrogen-bond acceptors (Lipinski definition) is 3. The van der Waals surface area contributed by atoms with Crippen molar-refractivity contribution in [3.05, 3.63) is 52.5 Å². The third-order valence-corrected chi connectivity index (χ3v) is 7.48. The van der Waals surface area contributed by atoms with E-state index >= 15 is 0 Å². The lowest BCUT2D eigenvalue weighted by Crippen LogP contribution is -2.65. The highest BCUT2D eigenvalue weighted by Crippen LogP contribution is 2.38. The number of amides is 2. The van der Waals surface area contributed by atoms with Crippen LogP contribution in [0.3, 0.4) is 0 Å². The summed E-state index contributed by atoms with van der Waals surface area (Å²) in [5, 5.41) is 6.36. The van der Waals surface area contributed by atoms with Gasteiger partial charge >= 0.3 is 0 Å². The van der Waals surface area contributed by atoms with E-state index in [1.165, 1.54) is 0 Å². The van der Waals surface area contributed by atoms with Gasteiger partial charge in [-0.3, -0.25) is 14.5 Å². The van der Waals surface area contributed by atoms with Crippen molar-refractivity contribution < 1.29 is 9.59 Å². The first-order chi connectivity index (χ1) is 14.4. The maximum atomic E-state index is 13.8. The van der Waals surface area contributed by atoms with Gasteiger partial charge in [0, 0.05) is 17.1 Å². The van der Waals surface area contributed by atoms with Gasteiger partial charge in [0.25, 0.3) is 5.91 Å². The zero-order valence-electron chi connectivity index (χ0n) is 17.7. The zero-order valence-corrected chi connectivity index (χ0v) is 18.5. The van der Waals surface area contributed by atoms with E-state index in [1.54, 1.807) is 16.2 Å². The number of aromatic nitrogens is 1. The summed E-state index contributed by atoms with van der Waals surface area (Å²) in [6.07, 6.45) is 4.34. The molecule has 1 aliphatic heterocycles. The Kier molecular flexibility index (Phi) is 4.51. The molecule has 1 aromatic carbocycles. The maximum absolute atomic E-state index is 13.8. The number of aryl methyl sites for hydroxylation is 2. The van der Waals surface area contributed by atoms with Crippen LogP contribution in [0.4, 0.5) is 5.69 Å². The molecule has 1 atom stereocenters. The Bertz CT molecular complexity index is 1130. The highest BCUT2D eigenvalue weighted by molar-refractivity contribution is 7.16. The smallest absolute Gasteiger partial charge is 0.275 e. The molecule has 0 radical (unpaired) electrons. The Balaban J connectivity index is 1.64. The fraction of sp³-hybridized carbons (Fsp3) is 0.417. The molecule has 2 amide bonds. The van der Waals surface area contributed by atoms with E-state index in [1.807, 2.05) is 55.0 Å². The summed E-state index contributed by atoms with van der Waals surface area (Å²) in [6.45, 7) is 6.41. The Morgan fingerprint density at radius 2 is 1.83 bits per heavy atom. The SMILES string of the molecule is Cc1cc(C)cc(N2C(=O)c3cc4ccsc4n3C[C@]2(C)C(=O)NC2CCCC2)c1. The van der Waals surface area contributed by atoms with E-state index in [9.17, 15) is 9.59 Å². The molecule has 2 aliphatic rings. The molecule has 1 saturated carbocycles. The summed E-state index contributed by atoms with van der Waals surface area (Å²) >= 11 is 1.62. The van der Waals surface area contributed by atoms with Crippen molar-refractivity contribution in [3.63, 3.8) is 0 Å². The monoisotopic (exact) mass is 421 g/mol. The molecule has 30 heavy (non-hydrogen) atoms.